The van der Waals surface area contributed by atoms with E-state index in [0.717, 1.165) is 31.2 Å². The van der Waals surface area contributed by atoms with Gasteiger partial charge >= 0.3 is 0 Å². The van der Waals surface area contributed by atoms with Crippen molar-refractivity contribution in [1.82, 2.24) is 5.32 Å². The van der Waals surface area contributed by atoms with Crippen molar-refractivity contribution in [3.8, 4) is 5.75 Å². The van der Waals surface area contributed by atoms with Gasteiger partial charge in [-0.25, -0.2) is 0 Å². The second kappa shape index (κ2) is 9.12. The lowest BCUT2D eigenvalue weighted by Crippen LogP contribution is -2.49. The monoisotopic (exact) mass is 394 g/mol. The summed E-state index contributed by atoms with van der Waals surface area (Å²) < 4.78 is 5.12. The van der Waals surface area contributed by atoms with Gasteiger partial charge in [0.1, 0.15) is 5.75 Å². The fourth-order valence-electron chi connectivity index (χ4n) is 3.64. The number of methoxy groups -OCH3 is 1. The third kappa shape index (κ3) is 4.78. The molecule has 0 aromatic heterocycles. The van der Waals surface area contributed by atoms with E-state index in [2.05, 4.69) is 24.5 Å². The van der Waals surface area contributed by atoms with Crippen LogP contribution in [0.5, 0.6) is 5.75 Å². The molecule has 0 bridgehead atoms. The normalized spacial score (nSPS) is 14.8. The molecule has 2 N–H and O–H groups in total. The van der Waals surface area contributed by atoms with Crippen molar-refractivity contribution in [2.75, 3.05) is 19.0 Å². The summed E-state index contributed by atoms with van der Waals surface area (Å²) in [5.41, 5.74) is 1.88. The minimum Gasteiger partial charge on any atom is -0.497 e. The van der Waals surface area contributed by atoms with Crippen LogP contribution in [0.15, 0.2) is 48.5 Å². The number of carbonyl (C=O) groups excluding carboxylic acids is 2. The Morgan fingerprint density at radius 3 is 2.21 bits per heavy atom. The number of benzene rings is 2. The Kier molecular flexibility index (Phi) is 6.57. The lowest BCUT2D eigenvalue weighted by atomic mass is 9.63. The van der Waals surface area contributed by atoms with Crippen LogP contribution < -0.4 is 15.4 Å². The molecule has 3 rings (SSSR count). The summed E-state index contributed by atoms with van der Waals surface area (Å²) in [6.45, 7) is 5.03. The number of hydrogen-bond donors (Lipinski definition) is 2. The molecule has 1 saturated carbocycles. The van der Waals surface area contributed by atoms with E-state index >= 15 is 0 Å². The molecule has 2 aromatic rings. The first-order chi connectivity index (χ1) is 13.9. The SMILES string of the molecule is COc1ccc(C(=O)Nc2ccc(C3(C(=O)NCCC(C)C)CCC3)cc2)cc1. The molecule has 1 aliphatic carbocycles. The van der Waals surface area contributed by atoms with E-state index in [-0.39, 0.29) is 11.8 Å². The topological polar surface area (TPSA) is 67.4 Å². The first-order valence-electron chi connectivity index (χ1n) is 10.3. The lowest BCUT2D eigenvalue weighted by Gasteiger charge is -2.41. The van der Waals surface area contributed by atoms with Crippen molar-refractivity contribution >= 4 is 17.5 Å². The predicted molar refractivity (Wildman–Crippen MR) is 115 cm³/mol. The number of amides is 2. The Morgan fingerprint density at radius 1 is 1.03 bits per heavy atom. The minimum absolute atomic E-state index is 0.124. The number of rotatable bonds is 8. The highest BCUT2D eigenvalue weighted by atomic mass is 16.5. The number of carbonyl (C=O) groups is 2. The van der Waals surface area contributed by atoms with E-state index in [1.165, 1.54) is 0 Å². The zero-order valence-corrected chi connectivity index (χ0v) is 17.5. The van der Waals surface area contributed by atoms with Gasteiger partial charge in [-0.15, -0.1) is 0 Å². The molecule has 5 heteroatoms. The molecule has 2 amide bonds. The molecule has 0 saturated heterocycles. The van der Waals surface area contributed by atoms with Gasteiger partial charge in [-0.3, -0.25) is 9.59 Å². The Balaban J connectivity index is 1.65. The van der Waals surface area contributed by atoms with Crippen LogP contribution in [-0.4, -0.2) is 25.5 Å². The molecule has 0 spiro atoms. The zero-order valence-electron chi connectivity index (χ0n) is 17.5. The molecule has 0 radical (unpaired) electrons. The molecule has 29 heavy (non-hydrogen) atoms. The molecule has 154 valence electrons. The predicted octanol–water partition coefficient (Wildman–Crippen LogP) is 4.53. The number of anilines is 1. The summed E-state index contributed by atoms with van der Waals surface area (Å²) in [6.07, 6.45) is 3.79. The Bertz CT molecular complexity index is 837. The maximum absolute atomic E-state index is 12.8. The van der Waals surface area contributed by atoms with E-state index in [9.17, 15) is 9.59 Å². The molecule has 0 aliphatic heterocycles. The third-order valence-electron chi connectivity index (χ3n) is 5.70. The molecule has 1 fully saturated rings. The molecule has 0 heterocycles. The molecule has 5 nitrogen and oxygen atoms in total. The summed E-state index contributed by atoms with van der Waals surface area (Å²) >= 11 is 0. The summed E-state index contributed by atoms with van der Waals surface area (Å²) in [7, 11) is 1.59. The van der Waals surface area contributed by atoms with Crippen molar-refractivity contribution in [3.05, 3.63) is 59.7 Å². The summed E-state index contributed by atoms with van der Waals surface area (Å²) in [5, 5.41) is 6.02. The van der Waals surface area contributed by atoms with Gasteiger partial charge in [0.25, 0.3) is 5.91 Å². The Labute approximate surface area is 172 Å². The number of nitrogens with one attached hydrogen (secondary N) is 2. The highest BCUT2D eigenvalue weighted by molar-refractivity contribution is 6.04. The summed E-state index contributed by atoms with van der Waals surface area (Å²) in [5.74, 6) is 1.23. The number of hydrogen-bond acceptors (Lipinski definition) is 3. The van der Waals surface area contributed by atoms with Crippen molar-refractivity contribution < 1.29 is 14.3 Å². The first-order valence-corrected chi connectivity index (χ1v) is 10.3. The average Bonchev–Trinajstić information content (AvgIpc) is 2.68. The van der Waals surface area contributed by atoms with E-state index in [1.54, 1.807) is 31.4 Å². The van der Waals surface area contributed by atoms with Gasteiger partial charge in [-0.2, -0.15) is 0 Å². The highest BCUT2D eigenvalue weighted by Crippen LogP contribution is 2.44. The van der Waals surface area contributed by atoms with Crippen LogP contribution in [0.25, 0.3) is 0 Å². The lowest BCUT2D eigenvalue weighted by molar-refractivity contribution is -0.129. The molecule has 1 aliphatic rings. The third-order valence-corrected chi connectivity index (χ3v) is 5.70. The van der Waals surface area contributed by atoms with Gasteiger partial charge in [-0.1, -0.05) is 32.4 Å². The number of ether oxygens (including phenoxy) is 1. The van der Waals surface area contributed by atoms with Crippen LogP contribution in [0.1, 0.15) is 55.5 Å². The largest absolute Gasteiger partial charge is 0.497 e. The second-order valence-electron chi connectivity index (χ2n) is 8.13. The van der Waals surface area contributed by atoms with Crippen LogP contribution in [0.3, 0.4) is 0 Å². The van der Waals surface area contributed by atoms with Gasteiger partial charge in [0.15, 0.2) is 0 Å². The van der Waals surface area contributed by atoms with Gasteiger partial charge in [-0.05, 0) is 67.1 Å². The van der Waals surface area contributed by atoms with Gasteiger partial charge in [0.2, 0.25) is 5.91 Å². The van der Waals surface area contributed by atoms with Crippen LogP contribution in [0, 0.1) is 5.92 Å². The Hall–Kier alpha value is -2.82. The maximum Gasteiger partial charge on any atom is 0.255 e. The first kappa shape index (κ1) is 20.9. The molecule has 0 unspecified atom stereocenters. The average molecular weight is 395 g/mol. The van der Waals surface area contributed by atoms with E-state index in [1.807, 2.05) is 24.3 Å². The summed E-state index contributed by atoms with van der Waals surface area (Å²) in [4.78, 5) is 25.3. The van der Waals surface area contributed by atoms with E-state index in [4.69, 9.17) is 4.74 Å². The minimum atomic E-state index is -0.421. The zero-order chi connectivity index (χ0) is 20.9. The van der Waals surface area contributed by atoms with E-state index < -0.39 is 5.41 Å². The van der Waals surface area contributed by atoms with Gasteiger partial charge in [0.05, 0.1) is 12.5 Å². The maximum atomic E-state index is 12.8. The molecule has 2 aromatic carbocycles. The van der Waals surface area contributed by atoms with Gasteiger partial charge in [0, 0.05) is 17.8 Å². The van der Waals surface area contributed by atoms with Gasteiger partial charge < -0.3 is 15.4 Å². The highest BCUT2D eigenvalue weighted by Gasteiger charge is 2.45. The van der Waals surface area contributed by atoms with Crippen molar-refractivity contribution in [3.63, 3.8) is 0 Å². The smallest absolute Gasteiger partial charge is 0.255 e. The second-order valence-corrected chi connectivity index (χ2v) is 8.13. The molecule has 0 atom stereocenters. The Morgan fingerprint density at radius 2 is 1.69 bits per heavy atom. The molecular weight excluding hydrogens is 364 g/mol. The fraction of sp³-hybridized carbons (Fsp3) is 0.417. The quantitative estimate of drug-likeness (QED) is 0.691. The van der Waals surface area contributed by atoms with Crippen molar-refractivity contribution in [2.45, 2.75) is 44.9 Å². The van der Waals surface area contributed by atoms with Crippen molar-refractivity contribution in [1.29, 1.82) is 0 Å². The standard InChI is InChI=1S/C24H30N2O3/c1-17(2)13-16-25-23(28)24(14-4-15-24)19-7-9-20(10-8-19)26-22(27)18-5-11-21(29-3)12-6-18/h5-12,17H,4,13-16H2,1-3H3,(H,25,28)(H,26,27). The van der Waals surface area contributed by atoms with E-state index in [0.29, 0.717) is 29.5 Å². The van der Waals surface area contributed by atoms with Crippen LogP contribution in [0.4, 0.5) is 5.69 Å². The summed E-state index contributed by atoms with van der Waals surface area (Å²) in [6, 6.07) is 14.7. The molecular formula is C24H30N2O3. The fourth-order valence-corrected chi connectivity index (χ4v) is 3.64. The van der Waals surface area contributed by atoms with Crippen LogP contribution in [-0.2, 0) is 10.2 Å². The van der Waals surface area contributed by atoms with Crippen LogP contribution in [0.2, 0.25) is 0 Å². The van der Waals surface area contributed by atoms with Crippen molar-refractivity contribution in [2.24, 2.45) is 5.92 Å². The van der Waals surface area contributed by atoms with Crippen LogP contribution >= 0.6 is 0 Å².